The van der Waals surface area contributed by atoms with Gasteiger partial charge in [0, 0.05) is 12.8 Å². The van der Waals surface area contributed by atoms with Gasteiger partial charge in [-0.15, -0.1) is 0 Å². The molecule has 370 valence electrons. The van der Waals surface area contributed by atoms with Gasteiger partial charge in [-0.05, 0) is 122 Å². The maximum atomic E-state index is 12.3. The number of rotatable bonds is 46. The van der Waals surface area contributed by atoms with Gasteiger partial charge in [-0.25, -0.2) is 0 Å². The predicted molar refractivity (Wildman–Crippen MR) is 287 cm³/mol. The lowest BCUT2D eigenvalue weighted by Crippen LogP contribution is -2.28. The SMILES string of the molecule is CC/C=C\C/C=C\C/C=C\C/C=C\C/C=C\C/C=C\C/C=C\C/C=C\C/C=C\CCCCCCCC(=O)OC(CO)COC(=O)CCCCCCCC/C=C\C/C=C\C/C=C\CCCCC. The summed E-state index contributed by atoms with van der Waals surface area (Å²) in [5.41, 5.74) is 0. The highest BCUT2D eigenvalue weighted by atomic mass is 16.6. The van der Waals surface area contributed by atoms with Crippen molar-refractivity contribution in [2.24, 2.45) is 0 Å². The molecular weight excluding hydrogens is 813 g/mol. The summed E-state index contributed by atoms with van der Waals surface area (Å²) in [7, 11) is 0. The number of hydrogen-bond acceptors (Lipinski definition) is 5. The van der Waals surface area contributed by atoms with Crippen LogP contribution in [0.2, 0.25) is 0 Å². The van der Waals surface area contributed by atoms with Crippen molar-refractivity contribution < 1.29 is 24.2 Å². The second kappa shape index (κ2) is 55.1. The lowest BCUT2D eigenvalue weighted by molar-refractivity contribution is -0.161. The van der Waals surface area contributed by atoms with Crippen molar-refractivity contribution in [3.05, 3.63) is 146 Å². The van der Waals surface area contributed by atoms with Gasteiger partial charge >= 0.3 is 11.9 Å². The number of unbranched alkanes of at least 4 members (excludes halogenated alkanes) is 14. The van der Waals surface area contributed by atoms with E-state index in [0.717, 1.165) is 135 Å². The van der Waals surface area contributed by atoms with Crippen LogP contribution in [0, 0.1) is 0 Å². The predicted octanol–water partition coefficient (Wildman–Crippen LogP) is 17.9. The number of ether oxygens (including phenoxy) is 2. The Morgan fingerprint density at radius 3 is 0.985 bits per heavy atom. The van der Waals surface area contributed by atoms with Crippen LogP contribution < -0.4 is 0 Å². The smallest absolute Gasteiger partial charge is 0.306 e. The second-order valence-electron chi connectivity index (χ2n) is 16.9. The fourth-order valence-electron chi connectivity index (χ4n) is 6.67. The van der Waals surface area contributed by atoms with Gasteiger partial charge in [0.1, 0.15) is 6.61 Å². The normalized spacial score (nSPS) is 13.4. The summed E-state index contributed by atoms with van der Waals surface area (Å²) >= 11 is 0. The Morgan fingerprint density at radius 1 is 0.364 bits per heavy atom. The first-order chi connectivity index (χ1) is 32.6. The van der Waals surface area contributed by atoms with Crippen LogP contribution >= 0.6 is 0 Å². The van der Waals surface area contributed by atoms with Crippen molar-refractivity contribution in [1.82, 2.24) is 0 Å². The molecule has 66 heavy (non-hydrogen) atoms. The number of carbonyl (C=O) groups excluding carboxylic acids is 2. The first kappa shape index (κ1) is 61.8. The maximum Gasteiger partial charge on any atom is 0.306 e. The average molecular weight is 909 g/mol. The van der Waals surface area contributed by atoms with Crippen LogP contribution in [0.1, 0.15) is 206 Å². The average Bonchev–Trinajstić information content (AvgIpc) is 3.32. The van der Waals surface area contributed by atoms with E-state index in [-0.39, 0.29) is 25.2 Å². The molecule has 0 rings (SSSR count). The molecule has 0 aliphatic rings. The third-order valence-corrected chi connectivity index (χ3v) is 10.6. The fourth-order valence-corrected chi connectivity index (χ4v) is 6.67. The van der Waals surface area contributed by atoms with Gasteiger partial charge in [-0.2, -0.15) is 0 Å². The summed E-state index contributed by atoms with van der Waals surface area (Å²) in [5.74, 6) is -0.639. The largest absolute Gasteiger partial charge is 0.462 e. The quantitative estimate of drug-likeness (QED) is 0.0374. The molecule has 1 atom stereocenters. The van der Waals surface area contributed by atoms with Crippen molar-refractivity contribution >= 4 is 11.9 Å². The highest BCUT2D eigenvalue weighted by Gasteiger charge is 2.16. The lowest BCUT2D eigenvalue weighted by Gasteiger charge is -2.15. The molecule has 0 amide bonds. The highest BCUT2D eigenvalue weighted by Crippen LogP contribution is 2.12. The van der Waals surface area contributed by atoms with Crippen molar-refractivity contribution in [1.29, 1.82) is 0 Å². The molecule has 0 aromatic heterocycles. The Balaban J connectivity index is 3.67. The molecule has 0 radical (unpaired) electrons. The zero-order chi connectivity index (χ0) is 47.7. The molecule has 5 heteroatoms. The molecule has 5 nitrogen and oxygen atoms in total. The van der Waals surface area contributed by atoms with Gasteiger partial charge in [0.15, 0.2) is 6.10 Å². The minimum atomic E-state index is -0.800. The molecule has 0 fully saturated rings. The van der Waals surface area contributed by atoms with Crippen molar-refractivity contribution in [2.45, 2.75) is 213 Å². The van der Waals surface area contributed by atoms with Gasteiger partial charge in [0.2, 0.25) is 0 Å². The minimum absolute atomic E-state index is 0.0906. The molecule has 0 aliphatic carbocycles. The first-order valence-corrected chi connectivity index (χ1v) is 26.4. The van der Waals surface area contributed by atoms with Crippen molar-refractivity contribution in [3.8, 4) is 0 Å². The monoisotopic (exact) mass is 909 g/mol. The van der Waals surface area contributed by atoms with E-state index in [4.69, 9.17) is 9.47 Å². The van der Waals surface area contributed by atoms with Crippen LogP contribution in [-0.4, -0.2) is 36.4 Å². The van der Waals surface area contributed by atoms with E-state index < -0.39 is 6.10 Å². The van der Waals surface area contributed by atoms with Crippen molar-refractivity contribution in [3.63, 3.8) is 0 Å². The molecule has 0 aromatic carbocycles. The number of hydrogen-bond donors (Lipinski definition) is 1. The van der Waals surface area contributed by atoms with E-state index in [0.29, 0.717) is 12.8 Å². The number of aliphatic hydroxyl groups excluding tert-OH is 1. The fraction of sp³-hybridized carbons (Fsp3) is 0.574. The molecule has 0 bridgehead atoms. The lowest BCUT2D eigenvalue weighted by atomic mass is 10.1. The van der Waals surface area contributed by atoms with Gasteiger partial charge in [-0.3, -0.25) is 9.59 Å². The standard InChI is InChI=1S/C61H96O5/c1-3-5-7-9-11-13-15-17-19-21-23-24-25-26-27-28-29-30-31-32-33-34-35-36-38-40-42-44-46-48-50-52-54-56-61(64)66-59(57-62)58-65-60(63)55-53-51-49-47-45-43-41-39-37-22-20-18-16-14-12-10-8-6-4-2/h5,7,11-14,17-20,23-24,26-27,29-30,32-33,35-37,39-40,42,59,62H,3-4,6,8-10,15-16,21-22,25,28,31,34,38,41,43-58H2,1-2H3/b7-5-,13-11-,14-12-,19-17-,20-18-,24-23-,27-26-,30-29-,33-32-,36-35-,39-37-,42-40-. The van der Waals surface area contributed by atoms with Crippen molar-refractivity contribution in [2.75, 3.05) is 13.2 Å². The number of carbonyl (C=O) groups is 2. The minimum Gasteiger partial charge on any atom is -0.462 e. The zero-order valence-corrected chi connectivity index (χ0v) is 42.1. The van der Waals surface area contributed by atoms with E-state index >= 15 is 0 Å². The third kappa shape index (κ3) is 52.4. The van der Waals surface area contributed by atoms with Crippen LogP contribution in [0.15, 0.2) is 146 Å². The summed E-state index contributed by atoms with van der Waals surface area (Å²) in [6, 6.07) is 0. The Morgan fingerprint density at radius 2 is 0.652 bits per heavy atom. The third-order valence-electron chi connectivity index (χ3n) is 10.6. The van der Waals surface area contributed by atoms with Gasteiger partial charge in [0.05, 0.1) is 6.61 Å². The molecule has 1 unspecified atom stereocenters. The molecule has 0 spiro atoms. The van der Waals surface area contributed by atoms with Crippen LogP contribution in [-0.2, 0) is 19.1 Å². The Hall–Kier alpha value is -4.22. The summed E-state index contributed by atoms with van der Waals surface area (Å²) < 4.78 is 10.7. The van der Waals surface area contributed by atoms with Crippen LogP contribution in [0.4, 0.5) is 0 Å². The van der Waals surface area contributed by atoms with E-state index in [2.05, 4.69) is 160 Å². The summed E-state index contributed by atoms with van der Waals surface area (Å²) in [6.07, 6.45) is 83.6. The molecule has 0 aliphatic heterocycles. The molecule has 1 N–H and O–H groups in total. The number of aliphatic hydroxyl groups is 1. The van der Waals surface area contributed by atoms with Gasteiger partial charge in [-0.1, -0.05) is 217 Å². The second-order valence-corrected chi connectivity index (χ2v) is 16.9. The Labute approximate surface area is 406 Å². The molecule has 0 saturated carbocycles. The van der Waals surface area contributed by atoms with Crippen LogP contribution in [0.3, 0.4) is 0 Å². The maximum absolute atomic E-state index is 12.3. The topological polar surface area (TPSA) is 72.8 Å². The highest BCUT2D eigenvalue weighted by molar-refractivity contribution is 5.70. The molecule has 0 aromatic rings. The van der Waals surface area contributed by atoms with Crippen LogP contribution in [0.5, 0.6) is 0 Å². The zero-order valence-electron chi connectivity index (χ0n) is 42.1. The Kier molecular flexibility index (Phi) is 51.6. The van der Waals surface area contributed by atoms with E-state index in [9.17, 15) is 14.7 Å². The first-order valence-electron chi connectivity index (χ1n) is 26.4. The van der Waals surface area contributed by atoms with Crippen LogP contribution in [0.25, 0.3) is 0 Å². The summed E-state index contributed by atoms with van der Waals surface area (Å²) in [4.78, 5) is 24.5. The van der Waals surface area contributed by atoms with E-state index in [1.165, 1.54) is 44.9 Å². The number of esters is 2. The van der Waals surface area contributed by atoms with E-state index in [1.807, 2.05) is 0 Å². The Bertz CT molecular complexity index is 1450. The summed E-state index contributed by atoms with van der Waals surface area (Å²) in [6.45, 7) is 3.96. The van der Waals surface area contributed by atoms with E-state index in [1.54, 1.807) is 0 Å². The number of allylic oxidation sites excluding steroid dienone is 24. The summed E-state index contributed by atoms with van der Waals surface area (Å²) in [5, 5.41) is 9.63. The molecule has 0 saturated heterocycles. The molecule has 0 heterocycles. The van der Waals surface area contributed by atoms with Gasteiger partial charge < -0.3 is 14.6 Å². The molecular formula is C61H96O5. The van der Waals surface area contributed by atoms with Gasteiger partial charge in [0.25, 0.3) is 0 Å².